The van der Waals surface area contributed by atoms with Gasteiger partial charge in [0.1, 0.15) is 10.5 Å². The molecule has 0 spiro atoms. The lowest BCUT2D eigenvalue weighted by molar-refractivity contribution is -0.142. The van der Waals surface area contributed by atoms with Crippen LogP contribution in [0.2, 0.25) is 10.0 Å². The molecular formula is C18H11Cl2FN2O4S. The van der Waals surface area contributed by atoms with Crippen molar-refractivity contribution in [1.82, 2.24) is 4.98 Å². The number of benzene rings is 2. The molecule has 0 bridgehead atoms. The first-order valence-electron chi connectivity index (χ1n) is 8.07. The molecule has 0 radical (unpaired) electrons. The van der Waals surface area contributed by atoms with Gasteiger partial charge in [-0.1, -0.05) is 29.3 Å². The molecule has 1 aliphatic rings. The van der Waals surface area contributed by atoms with E-state index in [-0.39, 0.29) is 18.0 Å². The Morgan fingerprint density at radius 1 is 1.29 bits per heavy atom. The molecule has 0 saturated carbocycles. The summed E-state index contributed by atoms with van der Waals surface area (Å²) in [5, 5.41) is 10.5. The molecule has 1 amide bonds. The zero-order valence-corrected chi connectivity index (χ0v) is 16.3. The summed E-state index contributed by atoms with van der Waals surface area (Å²) in [5.74, 6) is -2.65. The normalized spacial score (nSPS) is 16.2. The molecule has 1 aliphatic heterocycles. The number of anilines is 1. The number of carbonyl (C=O) groups is 2. The fourth-order valence-electron chi connectivity index (χ4n) is 2.95. The number of aromatic nitrogens is 1. The molecule has 10 heteroatoms. The van der Waals surface area contributed by atoms with Gasteiger partial charge in [-0.15, -0.1) is 11.3 Å². The van der Waals surface area contributed by atoms with Gasteiger partial charge in [0.2, 0.25) is 0 Å². The lowest BCUT2D eigenvalue weighted by Crippen LogP contribution is -2.46. The van der Waals surface area contributed by atoms with Crippen molar-refractivity contribution in [2.24, 2.45) is 0 Å². The minimum atomic E-state index is -1.33. The Kier molecular flexibility index (Phi) is 4.86. The Bertz CT molecular complexity index is 1080. The van der Waals surface area contributed by atoms with Gasteiger partial charge in [-0.25, -0.2) is 9.37 Å². The molecular weight excluding hydrogens is 430 g/mol. The number of carbonyl (C=O) groups excluding carboxylic acids is 1. The number of carboxylic acids is 1. The van der Waals surface area contributed by atoms with E-state index in [0.717, 1.165) is 0 Å². The molecule has 1 unspecified atom stereocenters. The monoisotopic (exact) mass is 440 g/mol. The van der Waals surface area contributed by atoms with Crippen LogP contribution < -0.4 is 9.64 Å². The highest BCUT2D eigenvalue weighted by atomic mass is 35.5. The number of rotatable bonds is 4. The number of amides is 1. The van der Waals surface area contributed by atoms with Gasteiger partial charge in [-0.3, -0.25) is 14.5 Å². The van der Waals surface area contributed by atoms with Crippen molar-refractivity contribution in [3.63, 3.8) is 0 Å². The third-order valence-electron chi connectivity index (χ3n) is 4.18. The first-order chi connectivity index (χ1) is 13.3. The zero-order chi connectivity index (χ0) is 20.0. The van der Waals surface area contributed by atoms with E-state index in [1.54, 1.807) is 12.1 Å². The van der Waals surface area contributed by atoms with Crippen molar-refractivity contribution >= 4 is 62.3 Å². The molecule has 2 heterocycles. The number of carboxylic acid groups (broad SMARTS) is 1. The van der Waals surface area contributed by atoms with Gasteiger partial charge in [0.15, 0.2) is 17.7 Å². The van der Waals surface area contributed by atoms with Gasteiger partial charge in [-0.2, -0.15) is 0 Å². The van der Waals surface area contributed by atoms with Crippen LogP contribution in [0.15, 0.2) is 30.3 Å². The van der Waals surface area contributed by atoms with Gasteiger partial charge in [0.25, 0.3) is 5.91 Å². The fraction of sp³-hybridized carbons (Fsp3) is 0.167. The number of fused-ring (bicyclic) bond motifs is 2. The van der Waals surface area contributed by atoms with Crippen LogP contribution in [0.3, 0.4) is 0 Å². The number of nitrogens with zero attached hydrogens (tertiary/aromatic N) is 2. The van der Waals surface area contributed by atoms with Crippen LogP contribution in [-0.4, -0.2) is 28.1 Å². The number of thiazole rings is 1. The summed E-state index contributed by atoms with van der Waals surface area (Å²) < 4.78 is 20.3. The Morgan fingerprint density at radius 3 is 2.75 bits per heavy atom. The standard InChI is InChI=1S/C18H11Cl2FN2O4S/c19-8-4-5-9(20)17-15(8)22-13(28-17)7-23-11-3-1-2-10(21)16(11)27-12(18(23)26)6-14(24)25/h1-5,12H,6-7H2,(H,24,25). The second-order valence-corrected chi connectivity index (χ2v) is 7.93. The minimum Gasteiger partial charge on any atom is -0.481 e. The van der Waals surface area contributed by atoms with E-state index in [4.69, 9.17) is 33.0 Å². The molecule has 0 fully saturated rings. The predicted octanol–water partition coefficient (Wildman–Crippen LogP) is 4.51. The summed E-state index contributed by atoms with van der Waals surface area (Å²) in [6, 6.07) is 7.44. The van der Waals surface area contributed by atoms with Crippen LogP contribution in [-0.2, 0) is 16.1 Å². The first-order valence-corrected chi connectivity index (χ1v) is 9.64. The van der Waals surface area contributed by atoms with Crippen LogP contribution in [0.5, 0.6) is 5.75 Å². The van der Waals surface area contributed by atoms with Crippen molar-refractivity contribution in [1.29, 1.82) is 0 Å². The summed E-state index contributed by atoms with van der Waals surface area (Å²) in [6.07, 6.45) is -1.91. The van der Waals surface area contributed by atoms with Gasteiger partial charge in [0.05, 0.1) is 33.4 Å². The van der Waals surface area contributed by atoms with Crippen molar-refractivity contribution in [3.8, 4) is 5.75 Å². The van der Waals surface area contributed by atoms with Crippen LogP contribution in [0.4, 0.5) is 10.1 Å². The Morgan fingerprint density at radius 2 is 2.04 bits per heavy atom. The molecule has 1 atom stereocenters. The highest BCUT2D eigenvalue weighted by molar-refractivity contribution is 7.19. The van der Waals surface area contributed by atoms with E-state index in [2.05, 4.69) is 4.98 Å². The van der Waals surface area contributed by atoms with Crippen LogP contribution in [0, 0.1) is 5.82 Å². The predicted molar refractivity (Wildman–Crippen MR) is 104 cm³/mol. The maximum absolute atomic E-state index is 14.2. The van der Waals surface area contributed by atoms with E-state index in [1.807, 2.05) is 0 Å². The highest BCUT2D eigenvalue weighted by Crippen LogP contribution is 2.39. The molecule has 0 saturated heterocycles. The molecule has 4 rings (SSSR count). The van der Waals surface area contributed by atoms with Gasteiger partial charge in [0, 0.05) is 0 Å². The lowest BCUT2D eigenvalue weighted by Gasteiger charge is -2.33. The largest absolute Gasteiger partial charge is 0.481 e. The third kappa shape index (κ3) is 3.28. The summed E-state index contributed by atoms with van der Waals surface area (Å²) in [4.78, 5) is 29.6. The summed E-state index contributed by atoms with van der Waals surface area (Å²) in [6.45, 7) is 0.000764. The smallest absolute Gasteiger partial charge is 0.307 e. The topological polar surface area (TPSA) is 79.7 Å². The summed E-state index contributed by atoms with van der Waals surface area (Å²) in [7, 11) is 0. The number of aliphatic carboxylic acids is 1. The highest BCUT2D eigenvalue weighted by Gasteiger charge is 2.37. The maximum atomic E-state index is 14.2. The van der Waals surface area contributed by atoms with Crippen molar-refractivity contribution in [3.05, 3.63) is 51.2 Å². The average Bonchev–Trinajstić information content (AvgIpc) is 3.07. The minimum absolute atomic E-state index is 0.000764. The number of hydrogen-bond acceptors (Lipinski definition) is 5. The van der Waals surface area contributed by atoms with E-state index in [1.165, 1.54) is 34.4 Å². The first kappa shape index (κ1) is 18.9. The Hall–Kier alpha value is -2.42. The molecule has 1 aromatic heterocycles. The molecule has 1 N–H and O–H groups in total. The van der Waals surface area contributed by atoms with Crippen LogP contribution in [0.1, 0.15) is 11.4 Å². The fourth-order valence-corrected chi connectivity index (χ4v) is 4.46. The lowest BCUT2D eigenvalue weighted by atomic mass is 10.1. The van der Waals surface area contributed by atoms with Crippen LogP contribution in [0.25, 0.3) is 10.2 Å². The molecule has 0 aliphatic carbocycles. The van der Waals surface area contributed by atoms with E-state index in [9.17, 15) is 14.0 Å². The second-order valence-electron chi connectivity index (χ2n) is 6.03. The molecule has 2 aromatic carbocycles. The van der Waals surface area contributed by atoms with Gasteiger partial charge < -0.3 is 9.84 Å². The van der Waals surface area contributed by atoms with Gasteiger partial charge >= 0.3 is 5.97 Å². The number of ether oxygens (including phenoxy) is 1. The van der Waals surface area contributed by atoms with Crippen molar-refractivity contribution in [2.45, 2.75) is 19.1 Å². The average molecular weight is 441 g/mol. The number of halogens is 3. The zero-order valence-electron chi connectivity index (χ0n) is 14.0. The SMILES string of the molecule is O=C(O)CC1Oc2c(F)cccc2N(Cc2nc3c(Cl)ccc(Cl)c3s2)C1=O. The maximum Gasteiger partial charge on any atom is 0.307 e. The van der Waals surface area contributed by atoms with Crippen molar-refractivity contribution < 1.29 is 23.8 Å². The summed E-state index contributed by atoms with van der Waals surface area (Å²) >= 11 is 13.6. The third-order valence-corrected chi connectivity index (χ3v) is 5.99. The number of hydrogen-bond donors (Lipinski definition) is 1. The summed E-state index contributed by atoms with van der Waals surface area (Å²) in [5.41, 5.74) is 0.722. The molecule has 144 valence electrons. The Balaban J connectivity index is 1.76. The van der Waals surface area contributed by atoms with E-state index >= 15 is 0 Å². The van der Waals surface area contributed by atoms with E-state index in [0.29, 0.717) is 25.3 Å². The quantitative estimate of drug-likeness (QED) is 0.645. The van der Waals surface area contributed by atoms with Crippen molar-refractivity contribution in [2.75, 3.05) is 4.90 Å². The Labute approximate surface area is 172 Å². The molecule has 6 nitrogen and oxygen atoms in total. The molecule has 28 heavy (non-hydrogen) atoms. The van der Waals surface area contributed by atoms with Crippen LogP contribution >= 0.6 is 34.5 Å². The van der Waals surface area contributed by atoms with Gasteiger partial charge in [-0.05, 0) is 24.3 Å². The second kappa shape index (κ2) is 7.20. The molecule has 3 aromatic rings. The van der Waals surface area contributed by atoms with E-state index < -0.39 is 30.2 Å². The number of para-hydroxylation sites is 1.